The number of esters is 2. The first-order chi connectivity index (χ1) is 14.8. The molecule has 0 radical (unpaired) electrons. The largest absolute Gasteiger partial charge is 0.459 e. The van der Waals surface area contributed by atoms with Gasteiger partial charge in [-0.2, -0.15) is 0 Å². The van der Waals surface area contributed by atoms with Gasteiger partial charge >= 0.3 is 11.9 Å². The van der Waals surface area contributed by atoms with Gasteiger partial charge in [0, 0.05) is 30.5 Å². The van der Waals surface area contributed by atoms with Crippen LogP contribution in [0.3, 0.4) is 0 Å². The minimum Gasteiger partial charge on any atom is -0.459 e. The Balaban J connectivity index is 1.45. The standard InChI is InChI=1S/C23H28N2O5S/c1-4-5-10-28-12-17-11-23(19(26)29-17)14-22(3,30-20(23)27)18-13-31-21(25-18)24-16-8-6-15(2)7-9-16/h6-9,13,17H,4-5,10-12,14H2,1-3H3,(H,24,25)/t17-,22+,23-/m1/s1. The number of ether oxygens (including phenoxy) is 3. The van der Waals surface area contributed by atoms with Gasteiger partial charge in [0.05, 0.1) is 12.3 Å². The van der Waals surface area contributed by atoms with Gasteiger partial charge in [-0.15, -0.1) is 11.3 Å². The first-order valence-corrected chi connectivity index (χ1v) is 11.5. The monoisotopic (exact) mass is 444 g/mol. The summed E-state index contributed by atoms with van der Waals surface area (Å²) >= 11 is 1.43. The summed E-state index contributed by atoms with van der Waals surface area (Å²) in [6.07, 6.45) is 2.07. The summed E-state index contributed by atoms with van der Waals surface area (Å²) in [5.41, 5.74) is 0.493. The van der Waals surface area contributed by atoms with Gasteiger partial charge in [-0.3, -0.25) is 9.59 Å². The molecule has 3 atom stereocenters. The zero-order valence-electron chi connectivity index (χ0n) is 18.1. The molecule has 31 heavy (non-hydrogen) atoms. The van der Waals surface area contributed by atoms with Crippen molar-refractivity contribution in [1.29, 1.82) is 0 Å². The highest BCUT2D eigenvalue weighted by Gasteiger charge is 2.65. The molecule has 2 aromatic rings. The molecule has 2 aliphatic rings. The van der Waals surface area contributed by atoms with Gasteiger partial charge in [0.2, 0.25) is 0 Å². The van der Waals surface area contributed by atoms with Crippen molar-refractivity contribution in [3.05, 3.63) is 40.9 Å². The summed E-state index contributed by atoms with van der Waals surface area (Å²) in [5, 5.41) is 5.84. The number of carbonyl (C=O) groups excluding carboxylic acids is 2. The number of anilines is 2. The quantitative estimate of drug-likeness (QED) is 0.365. The molecule has 8 heteroatoms. The SMILES string of the molecule is CCCCOC[C@H]1C[C@@]2(C[C@@](C)(c3csc(Nc4ccc(C)cc4)n3)OC2=O)C(=O)O1. The fraction of sp³-hybridized carbons (Fsp3) is 0.522. The Kier molecular flexibility index (Phi) is 6.03. The second kappa shape index (κ2) is 8.59. The van der Waals surface area contributed by atoms with Crippen molar-refractivity contribution in [3.8, 4) is 0 Å². The maximum absolute atomic E-state index is 12.8. The molecule has 0 aliphatic carbocycles. The number of cyclic esters (lactones) is 2. The molecular weight excluding hydrogens is 416 g/mol. The number of benzene rings is 1. The number of aromatic nitrogens is 1. The molecule has 2 saturated heterocycles. The van der Waals surface area contributed by atoms with Crippen molar-refractivity contribution in [2.45, 2.75) is 58.2 Å². The van der Waals surface area contributed by atoms with Crippen LogP contribution in [0.15, 0.2) is 29.6 Å². The lowest BCUT2D eigenvalue weighted by Crippen LogP contribution is -2.32. The smallest absolute Gasteiger partial charge is 0.324 e. The molecule has 1 spiro atoms. The average Bonchev–Trinajstić information content (AvgIpc) is 3.39. The maximum atomic E-state index is 12.8. The number of unbranched alkanes of at least 4 members (excludes halogenated alkanes) is 1. The number of hydrogen-bond acceptors (Lipinski definition) is 8. The van der Waals surface area contributed by atoms with Crippen molar-refractivity contribution in [3.63, 3.8) is 0 Å². The third-order valence-corrected chi connectivity index (χ3v) is 6.64. The summed E-state index contributed by atoms with van der Waals surface area (Å²) < 4.78 is 16.8. The van der Waals surface area contributed by atoms with Crippen LogP contribution in [0.1, 0.15) is 50.8 Å². The van der Waals surface area contributed by atoms with Gasteiger partial charge in [-0.05, 0) is 32.4 Å². The number of nitrogens with zero attached hydrogens (tertiary/aromatic N) is 1. The molecule has 0 saturated carbocycles. The van der Waals surface area contributed by atoms with Crippen LogP contribution >= 0.6 is 11.3 Å². The number of thiazole rings is 1. The summed E-state index contributed by atoms with van der Waals surface area (Å²) in [7, 11) is 0. The molecule has 2 fully saturated rings. The fourth-order valence-corrected chi connectivity index (χ4v) is 4.96. The fourth-order valence-electron chi connectivity index (χ4n) is 4.11. The van der Waals surface area contributed by atoms with E-state index in [1.165, 1.54) is 16.9 Å². The van der Waals surface area contributed by atoms with Crippen LogP contribution in [-0.2, 0) is 29.4 Å². The molecule has 3 heterocycles. The van der Waals surface area contributed by atoms with E-state index in [0.29, 0.717) is 24.0 Å². The van der Waals surface area contributed by atoms with Crippen molar-refractivity contribution < 1.29 is 23.8 Å². The molecule has 4 rings (SSSR count). The zero-order chi connectivity index (χ0) is 22.1. The Morgan fingerprint density at radius 1 is 1.26 bits per heavy atom. The Morgan fingerprint density at radius 2 is 2.03 bits per heavy atom. The molecule has 0 amide bonds. The van der Waals surface area contributed by atoms with Gasteiger partial charge in [-0.1, -0.05) is 31.0 Å². The number of nitrogens with one attached hydrogen (secondary N) is 1. The molecule has 0 bridgehead atoms. The lowest BCUT2D eigenvalue weighted by molar-refractivity contribution is -0.160. The number of hydrogen-bond donors (Lipinski definition) is 1. The second-order valence-electron chi connectivity index (χ2n) is 8.57. The van der Waals surface area contributed by atoms with Crippen LogP contribution in [0.5, 0.6) is 0 Å². The lowest BCUT2D eigenvalue weighted by atomic mass is 9.78. The molecule has 1 aromatic carbocycles. The van der Waals surface area contributed by atoms with E-state index in [4.69, 9.17) is 14.2 Å². The number of carbonyl (C=O) groups is 2. The van der Waals surface area contributed by atoms with Crippen LogP contribution in [0.25, 0.3) is 0 Å². The summed E-state index contributed by atoms with van der Waals surface area (Å²) in [6.45, 7) is 6.85. The van der Waals surface area contributed by atoms with Crippen molar-refractivity contribution in [2.24, 2.45) is 5.41 Å². The van der Waals surface area contributed by atoms with E-state index in [-0.39, 0.29) is 12.8 Å². The Bertz CT molecular complexity index is 959. The summed E-state index contributed by atoms with van der Waals surface area (Å²) in [4.78, 5) is 30.2. The first kappa shape index (κ1) is 21.8. The van der Waals surface area contributed by atoms with E-state index in [1.807, 2.05) is 43.5 Å². The van der Waals surface area contributed by atoms with E-state index >= 15 is 0 Å². The van der Waals surface area contributed by atoms with Crippen molar-refractivity contribution in [2.75, 3.05) is 18.5 Å². The second-order valence-corrected chi connectivity index (χ2v) is 9.43. The van der Waals surface area contributed by atoms with E-state index in [9.17, 15) is 9.59 Å². The summed E-state index contributed by atoms with van der Waals surface area (Å²) in [6, 6.07) is 8.02. The van der Waals surface area contributed by atoms with E-state index in [0.717, 1.165) is 18.5 Å². The normalized spacial score (nSPS) is 27.5. The van der Waals surface area contributed by atoms with Crippen LogP contribution in [0.4, 0.5) is 10.8 Å². The molecule has 2 aliphatic heterocycles. The van der Waals surface area contributed by atoms with E-state index in [1.54, 1.807) is 0 Å². The molecule has 166 valence electrons. The predicted molar refractivity (Wildman–Crippen MR) is 117 cm³/mol. The third kappa shape index (κ3) is 4.32. The molecule has 1 aromatic heterocycles. The van der Waals surface area contributed by atoms with Gasteiger partial charge in [-0.25, -0.2) is 4.98 Å². The molecule has 0 unspecified atom stereocenters. The lowest BCUT2D eigenvalue weighted by Gasteiger charge is -2.20. The van der Waals surface area contributed by atoms with Crippen LogP contribution in [0, 0.1) is 12.3 Å². The van der Waals surface area contributed by atoms with Gasteiger partial charge < -0.3 is 19.5 Å². The average molecular weight is 445 g/mol. The van der Waals surface area contributed by atoms with E-state index < -0.39 is 29.1 Å². The van der Waals surface area contributed by atoms with E-state index in [2.05, 4.69) is 17.2 Å². The Labute approximate surface area is 186 Å². The highest BCUT2D eigenvalue weighted by Crippen LogP contribution is 2.52. The predicted octanol–water partition coefficient (Wildman–Crippen LogP) is 4.48. The number of rotatable bonds is 8. The maximum Gasteiger partial charge on any atom is 0.324 e. The topological polar surface area (TPSA) is 86.8 Å². The molecule has 7 nitrogen and oxygen atoms in total. The van der Waals surface area contributed by atoms with Gasteiger partial charge in [0.25, 0.3) is 0 Å². The van der Waals surface area contributed by atoms with Crippen molar-refractivity contribution >= 4 is 34.1 Å². The van der Waals surface area contributed by atoms with Crippen LogP contribution < -0.4 is 5.32 Å². The highest BCUT2D eigenvalue weighted by molar-refractivity contribution is 7.13. The van der Waals surface area contributed by atoms with Crippen LogP contribution in [-0.4, -0.2) is 36.2 Å². The Hall–Kier alpha value is -2.45. The Morgan fingerprint density at radius 3 is 2.77 bits per heavy atom. The van der Waals surface area contributed by atoms with Crippen molar-refractivity contribution in [1.82, 2.24) is 4.98 Å². The summed E-state index contributed by atoms with van der Waals surface area (Å²) in [5.74, 6) is -1.05. The van der Waals surface area contributed by atoms with Gasteiger partial charge in [0.15, 0.2) is 16.1 Å². The van der Waals surface area contributed by atoms with Gasteiger partial charge in [0.1, 0.15) is 6.10 Å². The minimum absolute atomic E-state index is 0.219. The molecule has 1 N–H and O–H groups in total. The number of aryl methyl sites for hydroxylation is 1. The zero-order valence-corrected chi connectivity index (χ0v) is 18.9. The highest BCUT2D eigenvalue weighted by atomic mass is 32.1. The first-order valence-electron chi connectivity index (χ1n) is 10.7. The third-order valence-electron chi connectivity index (χ3n) is 5.88. The molecular formula is C23H28N2O5S. The van der Waals surface area contributed by atoms with Crippen LogP contribution in [0.2, 0.25) is 0 Å². The minimum atomic E-state index is -1.28.